The van der Waals surface area contributed by atoms with E-state index in [0.29, 0.717) is 5.56 Å². The van der Waals surface area contributed by atoms with Crippen LogP contribution < -0.4 is 0 Å². The minimum Gasteiger partial charge on any atom is -0.267 e. The van der Waals surface area contributed by atoms with Crippen molar-refractivity contribution in [1.29, 1.82) is 5.26 Å². The highest BCUT2D eigenvalue weighted by Crippen LogP contribution is 2.24. The SMILES string of the molecule is CS(=O)(=O)O/N=C(\C#N)c1ccccc1-c1ccccc1. The van der Waals surface area contributed by atoms with Gasteiger partial charge in [0.05, 0.1) is 6.26 Å². The molecule has 0 amide bonds. The average Bonchev–Trinajstić information content (AvgIpc) is 2.48. The maximum absolute atomic E-state index is 11.0. The van der Waals surface area contributed by atoms with Crippen LogP contribution >= 0.6 is 0 Å². The summed E-state index contributed by atoms with van der Waals surface area (Å²) < 4.78 is 26.4. The van der Waals surface area contributed by atoms with Gasteiger partial charge in [0.2, 0.25) is 0 Å². The Balaban J connectivity index is 2.52. The van der Waals surface area contributed by atoms with Crippen LogP contribution in [0, 0.1) is 11.3 Å². The predicted octanol–water partition coefficient (Wildman–Crippen LogP) is 2.56. The summed E-state index contributed by atoms with van der Waals surface area (Å²) in [6.07, 6.45) is 0.870. The van der Waals surface area contributed by atoms with Gasteiger partial charge in [-0.15, -0.1) is 0 Å². The molecule has 2 aromatic carbocycles. The normalized spacial score (nSPS) is 11.7. The summed E-state index contributed by atoms with van der Waals surface area (Å²) in [6, 6.07) is 18.4. The third kappa shape index (κ3) is 3.91. The van der Waals surface area contributed by atoms with E-state index in [1.54, 1.807) is 12.1 Å². The Morgan fingerprint density at radius 1 is 1.10 bits per heavy atom. The van der Waals surface area contributed by atoms with Crippen molar-refractivity contribution in [3.63, 3.8) is 0 Å². The summed E-state index contributed by atoms with van der Waals surface area (Å²) in [7, 11) is -3.75. The van der Waals surface area contributed by atoms with Crippen LogP contribution in [0.1, 0.15) is 5.56 Å². The van der Waals surface area contributed by atoms with Gasteiger partial charge in [-0.3, -0.25) is 4.28 Å². The van der Waals surface area contributed by atoms with Crippen molar-refractivity contribution in [2.45, 2.75) is 0 Å². The highest BCUT2D eigenvalue weighted by atomic mass is 32.2. The van der Waals surface area contributed by atoms with Gasteiger partial charge >= 0.3 is 10.1 Å². The van der Waals surface area contributed by atoms with E-state index in [-0.39, 0.29) is 5.71 Å². The van der Waals surface area contributed by atoms with E-state index in [1.165, 1.54) is 0 Å². The van der Waals surface area contributed by atoms with Crippen molar-refractivity contribution in [1.82, 2.24) is 0 Å². The van der Waals surface area contributed by atoms with Gasteiger partial charge in [0.1, 0.15) is 6.07 Å². The van der Waals surface area contributed by atoms with Gasteiger partial charge in [0.15, 0.2) is 5.71 Å². The lowest BCUT2D eigenvalue weighted by Gasteiger charge is -2.07. The summed E-state index contributed by atoms with van der Waals surface area (Å²) in [5, 5.41) is 12.6. The second-order valence-corrected chi connectivity index (χ2v) is 5.80. The Bertz CT molecular complexity index is 806. The lowest BCUT2D eigenvalue weighted by molar-refractivity contribution is 0.344. The van der Waals surface area contributed by atoms with Crippen molar-refractivity contribution in [2.24, 2.45) is 5.16 Å². The number of nitriles is 1. The molecule has 0 aliphatic rings. The fourth-order valence-electron chi connectivity index (χ4n) is 1.79. The Hall–Kier alpha value is -2.65. The Morgan fingerprint density at radius 2 is 1.71 bits per heavy atom. The standard InChI is InChI=1S/C15H12N2O3S/c1-21(18,19)20-17-15(11-16)14-10-6-5-9-13(14)12-7-3-2-4-8-12/h2-10H,1H3/b17-15+. The largest absolute Gasteiger partial charge is 0.325 e. The zero-order chi connectivity index (χ0) is 15.3. The van der Waals surface area contributed by atoms with Crippen LogP contribution in [0.4, 0.5) is 0 Å². The topological polar surface area (TPSA) is 79.5 Å². The highest BCUT2D eigenvalue weighted by Gasteiger charge is 2.12. The molecular formula is C15H12N2O3S. The number of hydrogen-bond acceptors (Lipinski definition) is 5. The number of nitrogens with zero attached hydrogens (tertiary/aromatic N) is 2. The van der Waals surface area contributed by atoms with Gasteiger partial charge in [-0.2, -0.15) is 13.7 Å². The summed E-state index contributed by atoms with van der Waals surface area (Å²) in [5.74, 6) is 0. The fourth-order valence-corrected chi connectivity index (χ4v) is 2.00. The molecule has 5 nitrogen and oxygen atoms in total. The van der Waals surface area contributed by atoms with E-state index in [9.17, 15) is 13.7 Å². The average molecular weight is 300 g/mol. The van der Waals surface area contributed by atoms with Crippen molar-refractivity contribution in [3.8, 4) is 17.2 Å². The van der Waals surface area contributed by atoms with Crippen molar-refractivity contribution in [3.05, 3.63) is 60.2 Å². The summed E-state index contributed by atoms with van der Waals surface area (Å²) in [6.45, 7) is 0. The monoisotopic (exact) mass is 300 g/mol. The number of rotatable bonds is 4. The second-order valence-electron chi connectivity index (χ2n) is 4.24. The molecule has 0 saturated carbocycles. The molecule has 106 valence electrons. The molecule has 0 N–H and O–H groups in total. The van der Waals surface area contributed by atoms with Crippen molar-refractivity contribution in [2.75, 3.05) is 6.26 Å². The fraction of sp³-hybridized carbons (Fsp3) is 0.0667. The molecule has 0 fully saturated rings. The zero-order valence-corrected chi connectivity index (χ0v) is 12.0. The maximum atomic E-state index is 11.0. The van der Waals surface area contributed by atoms with Gasteiger partial charge in [0, 0.05) is 5.56 Å². The quantitative estimate of drug-likeness (QED) is 0.642. The molecule has 0 atom stereocenters. The molecule has 0 unspecified atom stereocenters. The molecule has 0 radical (unpaired) electrons. The lowest BCUT2D eigenvalue weighted by atomic mass is 9.97. The van der Waals surface area contributed by atoms with Crippen LogP contribution in [0.5, 0.6) is 0 Å². The van der Waals surface area contributed by atoms with Gasteiger partial charge in [-0.1, -0.05) is 59.8 Å². The molecular weight excluding hydrogens is 288 g/mol. The van der Waals surface area contributed by atoms with E-state index in [2.05, 4.69) is 9.44 Å². The molecule has 0 aliphatic carbocycles. The molecule has 6 heteroatoms. The van der Waals surface area contributed by atoms with Crippen LogP contribution in [0.25, 0.3) is 11.1 Å². The Labute approximate surface area is 123 Å². The Kier molecular flexibility index (Phi) is 4.36. The summed E-state index contributed by atoms with van der Waals surface area (Å²) >= 11 is 0. The molecule has 0 saturated heterocycles. The van der Waals surface area contributed by atoms with E-state index in [1.807, 2.05) is 48.5 Å². The first kappa shape index (κ1) is 14.8. The highest BCUT2D eigenvalue weighted by molar-refractivity contribution is 7.85. The van der Waals surface area contributed by atoms with E-state index >= 15 is 0 Å². The van der Waals surface area contributed by atoms with Crippen LogP contribution in [0.2, 0.25) is 0 Å². The Morgan fingerprint density at radius 3 is 2.33 bits per heavy atom. The molecule has 0 aliphatic heterocycles. The lowest BCUT2D eigenvalue weighted by Crippen LogP contribution is -2.04. The minimum absolute atomic E-state index is 0.0973. The first-order chi connectivity index (χ1) is 10.0. The molecule has 0 bridgehead atoms. The number of hydrogen-bond donors (Lipinski definition) is 0. The molecule has 0 spiro atoms. The third-order valence-electron chi connectivity index (χ3n) is 2.64. The zero-order valence-electron chi connectivity index (χ0n) is 11.2. The van der Waals surface area contributed by atoms with Crippen molar-refractivity contribution >= 4 is 15.8 Å². The number of benzene rings is 2. The predicted molar refractivity (Wildman–Crippen MR) is 80.0 cm³/mol. The smallest absolute Gasteiger partial charge is 0.267 e. The minimum atomic E-state index is -3.75. The molecule has 2 rings (SSSR count). The van der Waals surface area contributed by atoms with Gasteiger partial charge in [-0.25, -0.2) is 0 Å². The van der Waals surface area contributed by atoms with Crippen molar-refractivity contribution < 1.29 is 12.7 Å². The van der Waals surface area contributed by atoms with E-state index in [0.717, 1.165) is 17.4 Å². The molecule has 2 aromatic rings. The van der Waals surface area contributed by atoms with Gasteiger partial charge in [-0.05, 0) is 11.1 Å². The van der Waals surface area contributed by atoms with Gasteiger partial charge in [0.25, 0.3) is 0 Å². The van der Waals surface area contributed by atoms with Crippen LogP contribution in [-0.4, -0.2) is 20.4 Å². The van der Waals surface area contributed by atoms with E-state index < -0.39 is 10.1 Å². The van der Waals surface area contributed by atoms with Crippen LogP contribution in [-0.2, 0) is 14.4 Å². The van der Waals surface area contributed by atoms with E-state index in [4.69, 9.17) is 0 Å². The van der Waals surface area contributed by atoms with Crippen LogP contribution in [0.3, 0.4) is 0 Å². The first-order valence-corrected chi connectivity index (χ1v) is 7.84. The van der Waals surface area contributed by atoms with Crippen LogP contribution in [0.15, 0.2) is 59.8 Å². The summed E-state index contributed by atoms with van der Waals surface area (Å²) in [5.41, 5.74) is 2.08. The third-order valence-corrected chi connectivity index (χ3v) is 2.98. The molecule has 0 aromatic heterocycles. The number of oxime groups is 1. The second kappa shape index (κ2) is 6.20. The summed E-state index contributed by atoms with van der Waals surface area (Å²) in [4.78, 5) is 0. The first-order valence-electron chi connectivity index (χ1n) is 6.03. The molecule has 0 heterocycles. The molecule has 21 heavy (non-hydrogen) atoms. The maximum Gasteiger partial charge on any atom is 0.325 e. The van der Waals surface area contributed by atoms with Gasteiger partial charge < -0.3 is 0 Å².